The van der Waals surface area contributed by atoms with E-state index in [1.54, 1.807) is 31.5 Å². The first-order valence-corrected chi connectivity index (χ1v) is 15.9. The zero-order valence-corrected chi connectivity index (χ0v) is 27.3. The van der Waals surface area contributed by atoms with Crippen LogP contribution < -0.4 is 18.9 Å². The summed E-state index contributed by atoms with van der Waals surface area (Å²) in [4.78, 5) is 6.49. The van der Waals surface area contributed by atoms with Crippen LogP contribution in [0.1, 0.15) is 47.1 Å². The quantitative estimate of drug-likeness (QED) is 0.152. The van der Waals surface area contributed by atoms with Crippen LogP contribution in [0.3, 0.4) is 0 Å². The molecule has 0 saturated carbocycles. The number of likely N-dealkylation sites (tertiary alicyclic amines) is 1. The predicted octanol–water partition coefficient (Wildman–Crippen LogP) is 7.28. The lowest BCUT2D eigenvalue weighted by Gasteiger charge is -2.29. The molecule has 2 heterocycles. The molecule has 1 saturated heterocycles. The van der Waals surface area contributed by atoms with E-state index in [1.165, 1.54) is 6.20 Å². The van der Waals surface area contributed by atoms with Crippen LogP contribution in [0.4, 0.5) is 0 Å². The lowest BCUT2D eigenvalue weighted by molar-refractivity contribution is 0.0800. The maximum atomic E-state index is 9.74. The lowest BCUT2D eigenvalue weighted by Crippen LogP contribution is -2.36. The van der Waals surface area contributed by atoms with E-state index >= 15 is 0 Å². The third-order valence-corrected chi connectivity index (χ3v) is 8.67. The molecule has 0 radical (unpaired) electrons. The minimum absolute atomic E-state index is 0.149. The van der Waals surface area contributed by atoms with Crippen molar-refractivity contribution in [2.75, 3.05) is 33.4 Å². The summed E-state index contributed by atoms with van der Waals surface area (Å²) in [7, 11) is 1.55. The highest BCUT2D eigenvalue weighted by molar-refractivity contribution is 6.32. The molecule has 9 heteroatoms. The zero-order chi connectivity index (χ0) is 32.5. The van der Waals surface area contributed by atoms with E-state index in [-0.39, 0.29) is 12.7 Å². The fourth-order valence-corrected chi connectivity index (χ4v) is 5.86. The van der Waals surface area contributed by atoms with Crippen LogP contribution in [0.2, 0.25) is 5.02 Å². The number of ether oxygens (including phenoxy) is 4. The van der Waals surface area contributed by atoms with Crippen molar-refractivity contribution >= 4 is 11.6 Å². The van der Waals surface area contributed by atoms with Crippen molar-refractivity contribution in [3.05, 3.63) is 99.8 Å². The van der Waals surface area contributed by atoms with Gasteiger partial charge in [-0.25, -0.2) is 0 Å². The van der Waals surface area contributed by atoms with Gasteiger partial charge >= 0.3 is 0 Å². The molecule has 0 aliphatic carbocycles. The van der Waals surface area contributed by atoms with E-state index < -0.39 is 0 Å². The third-order valence-electron chi connectivity index (χ3n) is 8.37. The number of hydrogen-bond acceptors (Lipinski definition) is 8. The van der Waals surface area contributed by atoms with Gasteiger partial charge in [-0.2, -0.15) is 5.26 Å². The van der Waals surface area contributed by atoms with Gasteiger partial charge in [-0.3, -0.25) is 4.98 Å². The van der Waals surface area contributed by atoms with Gasteiger partial charge in [0.25, 0.3) is 0 Å². The van der Waals surface area contributed by atoms with Crippen molar-refractivity contribution in [2.45, 2.75) is 52.4 Å². The van der Waals surface area contributed by atoms with Crippen LogP contribution in [-0.2, 0) is 13.2 Å². The Morgan fingerprint density at radius 2 is 1.63 bits per heavy atom. The monoisotopic (exact) mass is 641 g/mol. The van der Waals surface area contributed by atoms with Crippen LogP contribution >= 0.6 is 11.6 Å². The van der Waals surface area contributed by atoms with Gasteiger partial charge in [-0.1, -0.05) is 41.9 Å². The molecule has 8 nitrogen and oxygen atoms in total. The summed E-state index contributed by atoms with van der Waals surface area (Å²) in [5.74, 6) is 2.31. The first kappa shape index (κ1) is 33.1. The van der Waals surface area contributed by atoms with Crippen LogP contribution in [0, 0.1) is 25.2 Å². The Labute approximate surface area is 276 Å². The first-order valence-electron chi connectivity index (χ1n) is 15.5. The van der Waals surface area contributed by atoms with Gasteiger partial charge < -0.3 is 29.0 Å². The second-order valence-electron chi connectivity index (χ2n) is 11.5. The molecule has 1 aliphatic rings. The van der Waals surface area contributed by atoms with Gasteiger partial charge in [0.1, 0.15) is 30.8 Å². The van der Waals surface area contributed by atoms with Crippen molar-refractivity contribution < 1.29 is 24.1 Å². The summed E-state index contributed by atoms with van der Waals surface area (Å²) >= 11 is 6.58. The number of aliphatic hydroxyl groups excluding tert-OH is 1. The molecular formula is C37H40ClN3O5. The van der Waals surface area contributed by atoms with Crippen molar-refractivity contribution in [3.63, 3.8) is 0 Å². The molecule has 1 fully saturated rings. The highest BCUT2D eigenvalue weighted by atomic mass is 35.5. The molecule has 0 amide bonds. The Balaban J connectivity index is 1.25. The molecule has 1 aromatic heterocycles. The number of halogens is 1. The van der Waals surface area contributed by atoms with Crippen molar-refractivity contribution in [3.8, 4) is 40.2 Å². The Hall–Kier alpha value is -4.29. The van der Waals surface area contributed by atoms with Gasteiger partial charge in [-0.05, 0) is 73.1 Å². The lowest BCUT2D eigenvalue weighted by atomic mass is 9.93. The molecule has 1 N–H and O–H groups in total. The number of benzene rings is 3. The average Bonchev–Trinajstić information content (AvgIpc) is 3.07. The molecule has 4 aromatic rings. The fourth-order valence-electron chi connectivity index (χ4n) is 5.65. The highest BCUT2D eigenvalue weighted by Crippen LogP contribution is 2.39. The average molecular weight is 642 g/mol. The Bertz CT molecular complexity index is 1680. The zero-order valence-electron chi connectivity index (χ0n) is 26.6. The number of nitriles is 1. The highest BCUT2D eigenvalue weighted by Gasteiger charge is 2.17. The van der Waals surface area contributed by atoms with Gasteiger partial charge in [0, 0.05) is 49.7 Å². The number of aromatic nitrogens is 1. The molecule has 1 aliphatic heterocycles. The number of pyridine rings is 1. The number of rotatable bonds is 13. The predicted molar refractivity (Wildman–Crippen MR) is 179 cm³/mol. The topological polar surface area (TPSA) is 97.1 Å². The molecular weight excluding hydrogens is 602 g/mol. The Morgan fingerprint density at radius 3 is 2.39 bits per heavy atom. The number of methoxy groups -OCH3 is 1. The van der Waals surface area contributed by atoms with Crippen LogP contribution in [-0.4, -0.2) is 54.4 Å². The maximum absolute atomic E-state index is 9.74. The van der Waals surface area contributed by atoms with E-state index in [0.29, 0.717) is 41.0 Å². The Kier molecular flexibility index (Phi) is 11.4. The van der Waals surface area contributed by atoms with Crippen molar-refractivity contribution in [1.29, 1.82) is 5.26 Å². The molecule has 5 rings (SSSR count). The summed E-state index contributed by atoms with van der Waals surface area (Å²) in [5, 5.41) is 19.3. The van der Waals surface area contributed by atoms with E-state index in [2.05, 4.69) is 48.0 Å². The molecule has 240 valence electrons. The molecule has 3 aromatic carbocycles. The summed E-state index contributed by atoms with van der Waals surface area (Å²) in [6, 6.07) is 19.6. The fraction of sp³-hybridized carbons (Fsp3) is 0.351. The largest absolute Gasteiger partial charge is 0.493 e. The van der Waals surface area contributed by atoms with Crippen LogP contribution in [0.25, 0.3) is 11.1 Å². The van der Waals surface area contributed by atoms with Gasteiger partial charge in [0.15, 0.2) is 11.5 Å². The van der Waals surface area contributed by atoms with E-state index in [1.807, 2.05) is 18.2 Å². The second kappa shape index (κ2) is 15.8. The van der Waals surface area contributed by atoms with E-state index in [9.17, 15) is 5.11 Å². The number of hydrogen-bond donors (Lipinski definition) is 1. The smallest absolute Gasteiger partial charge is 0.165 e. The standard InChI is InChI=1S/C37H40ClN3O5/c1-25-29(24-46-35-19-37(36(43-3)18-33(35)38)45-23-28-17-27(20-39)21-40-22-28)7-4-8-31(25)32-9-5-10-34(26(32)2)44-16-6-13-41-14-11-30(42)12-15-41/h4-5,7-10,17-19,21-22,30,42H,6,11-16,23-24H2,1-3H3. The molecule has 0 bridgehead atoms. The SMILES string of the molecule is COc1cc(Cl)c(OCc2cccc(-c3cccc(OCCCN4CCC(O)CC4)c3C)c2C)cc1OCc1cncc(C#N)c1. The van der Waals surface area contributed by atoms with Crippen molar-refractivity contribution in [1.82, 2.24) is 9.88 Å². The maximum Gasteiger partial charge on any atom is 0.165 e. The third kappa shape index (κ3) is 8.29. The minimum atomic E-state index is -0.149. The summed E-state index contributed by atoms with van der Waals surface area (Å²) in [6.07, 6.45) is 5.66. The molecule has 0 unspecified atom stereocenters. The van der Waals surface area contributed by atoms with Gasteiger partial charge in [0.2, 0.25) is 0 Å². The van der Waals surface area contributed by atoms with Crippen molar-refractivity contribution in [2.24, 2.45) is 0 Å². The van der Waals surface area contributed by atoms with E-state index in [4.69, 9.17) is 35.8 Å². The van der Waals surface area contributed by atoms with Gasteiger partial charge in [0.05, 0.1) is 30.4 Å². The first-order chi connectivity index (χ1) is 22.4. The summed E-state index contributed by atoms with van der Waals surface area (Å²) < 4.78 is 24.0. The summed E-state index contributed by atoms with van der Waals surface area (Å²) in [5.41, 5.74) is 6.70. The van der Waals surface area contributed by atoms with E-state index in [0.717, 1.165) is 78.0 Å². The van der Waals surface area contributed by atoms with Crippen LogP contribution in [0.5, 0.6) is 23.0 Å². The van der Waals surface area contributed by atoms with Crippen LogP contribution in [0.15, 0.2) is 67.0 Å². The second-order valence-corrected chi connectivity index (χ2v) is 11.9. The number of piperidine rings is 1. The normalized spacial score (nSPS) is 13.7. The molecule has 0 spiro atoms. The Morgan fingerprint density at radius 1 is 0.891 bits per heavy atom. The number of aliphatic hydroxyl groups is 1. The summed E-state index contributed by atoms with van der Waals surface area (Å²) in [6.45, 7) is 8.24. The molecule has 46 heavy (non-hydrogen) atoms. The molecule has 0 atom stereocenters. The minimum Gasteiger partial charge on any atom is -0.493 e. The number of nitrogens with zero attached hydrogens (tertiary/aromatic N) is 3. The van der Waals surface area contributed by atoms with Gasteiger partial charge in [-0.15, -0.1) is 0 Å².